The number of nitrogens with zero attached hydrogens (tertiary/aromatic N) is 3. The molecule has 5 nitrogen and oxygen atoms in total. The Balaban J connectivity index is 1.72. The first-order chi connectivity index (χ1) is 12.1. The van der Waals surface area contributed by atoms with Crippen LogP contribution in [0.1, 0.15) is 43.1 Å². The van der Waals surface area contributed by atoms with E-state index >= 15 is 0 Å². The molecule has 7 heteroatoms. The number of benzene rings is 1. The smallest absolute Gasteiger partial charge is 0.275 e. The standard InChI is InChI=1S/C18H20F2N4O/c1-2-13-5-3-4-8-24(13)17-11-21-16(10-22-17)18(25)23-15-7-6-12(19)9-14(15)20/h6-7,9-11,13H,2-5,8H2,1H3,(H,23,25). The molecule has 0 bridgehead atoms. The van der Waals surface area contributed by atoms with Crippen molar-refractivity contribution in [3.63, 3.8) is 0 Å². The van der Waals surface area contributed by atoms with Gasteiger partial charge in [0.15, 0.2) is 0 Å². The van der Waals surface area contributed by atoms with Gasteiger partial charge in [-0.1, -0.05) is 6.92 Å². The predicted molar refractivity (Wildman–Crippen MR) is 91.6 cm³/mol. The third kappa shape index (κ3) is 3.92. The Bertz CT molecular complexity index is 751. The first kappa shape index (κ1) is 17.3. The largest absolute Gasteiger partial charge is 0.352 e. The monoisotopic (exact) mass is 346 g/mol. The lowest BCUT2D eigenvalue weighted by atomic mass is 10.0. The van der Waals surface area contributed by atoms with E-state index in [4.69, 9.17) is 0 Å². The number of carbonyl (C=O) groups is 1. The Labute approximate surface area is 145 Å². The Morgan fingerprint density at radius 3 is 2.80 bits per heavy atom. The maximum absolute atomic E-state index is 13.6. The summed E-state index contributed by atoms with van der Waals surface area (Å²) in [5.41, 5.74) is -0.0168. The lowest BCUT2D eigenvalue weighted by molar-refractivity contribution is 0.102. The van der Waals surface area contributed by atoms with Crippen molar-refractivity contribution >= 4 is 17.4 Å². The first-order valence-electron chi connectivity index (χ1n) is 8.43. The lowest BCUT2D eigenvalue weighted by Gasteiger charge is -2.35. The van der Waals surface area contributed by atoms with Crippen molar-refractivity contribution in [2.24, 2.45) is 0 Å². The minimum atomic E-state index is -0.836. The zero-order chi connectivity index (χ0) is 17.8. The van der Waals surface area contributed by atoms with Crippen LogP contribution in [0.25, 0.3) is 0 Å². The fraction of sp³-hybridized carbons (Fsp3) is 0.389. The summed E-state index contributed by atoms with van der Waals surface area (Å²) in [5, 5.41) is 2.38. The highest BCUT2D eigenvalue weighted by Gasteiger charge is 2.22. The van der Waals surface area contributed by atoms with Gasteiger partial charge in [0.1, 0.15) is 23.1 Å². The van der Waals surface area contributed by atoms with Crippen LogP contribution in [0.3, 0.4) is 0 Å². The molecule has 3 rings (SSSR count). The summed E-state index contributed by atoms with van der Waals surface area (Å²) in [6.45, 7) is 3.08. The van der Waals surface area contributed by atoms with Gasteiger partial charge in [0.2, 0.25) is 0 Å². The summed E-state index contributed by atoms with van der Waals surface area (Å²) >= 11 is 0. The molecule has 1 N–H and O–H groups in total. The van der Waals surface area contributed by atoms with E-state index in [9.17, 15) is 13.6 Å². The van der Waals surface area contributed by atoms with Gasteiger partial charge in [0.25, 0.3) is 5.91 Å². The van der Waals surface area contributed by atoms with Crippen LogP contribution >= 0.6 is 0 Å². The molecule has 1 aliphatic heterocycles. The molecule has 25 heavy (non-hydrogen) atoms. The summed E-state index contributed by atoms with van der Waals surface area (Å²) in [7, 11) is 0. The molecule has 0 radical (unpaired) electrons. The maximum Gasteiger partial charge on any atom is 0.275 e. The van der Waals surface area contributed by atoms with Gasteiger partial charge in [-0.05, 0) is 37.8 Å². The molecule has 2 heterocycles. The first-order valence-corrected chi connectivity index (χ1v) is 8.43. The third-order valence-electron chi connectivity index (χ3n) is 4.44. The fourth-order valence-electron chi connectivity index (χ4n) is 3.09. The number of piperidine rings is 1. The van der Waals surface area contributed by atoms with Gasteiger partial charge in [-0.3, -0.25) is 4.79 Å². The van der Waals surface area contributed by atoms with Gasteiger partial charge in [-0.2, -0.15) is 0 Å². The van der Waals surface area contributed by atoms with Crippen molar-refractivity contribution < 1.29 is 13.6 Å². The highest BCUT2D eigenvalue weighted by Crippen LogP contribution is 2.24. The van der Waals surface area contributed by atoms with Crippen molar-refractivity contribution in [1.82, 2.24) is 9.97 Å². The molecule has 1 fully saturated rings. The topological polar surface area (TPSA) is 58.1 Å². The van der Waals surface area contributed by atoms with E-state index in [0.29, 0.717) is 12.1 Å². The number of carbonyl (C=O) groups excluding carboxylic acids is 1. The average Bonchev–Trinajstić information content (AvgIpc) is 2.64. The van der Waals surface area contributed by atoms with Crippen molar-refractivity contribution in [1.29, 1.82) is 0 Å². The van der Waals surface area contributed by atoms with Crippen LogP contribution in [0.4, 0.5) is 20.3 Å². The van der Waals surface area contributed by atoms with Crippen LogP contribution in [0.5, 0.6) is 0 Å². The number of hydrogen-bond acceptors (Lipinski definition) is 4. The van der Waals surface area contributed by atoms with Gasteiger partial charge in [-0.15, -0.1) is 0 Å². The number of rotatable bonds is 4. The van der Waals surface area contributed by atoms with E-state index in [2.05, 4.69) is 27.1 Å². The number of nitrogens with one attached hydrogen (secondary N) is 1. The van der Waals surface area contributed by atoms with Crippen molar-refractivity contribution in [2.75, 3.05) is 16.8 Å². The summed E-state index contributed by atoms with van der Waals surface area (Å²) < 4.78 is 26.5. The normalized spacial score (nSPS) is 17.4. The van der Waals surface area contributed by atoms with Crippen LogP contribution in [0.2, 0.25) is 0 Å². The molecule has 0 aliphatic carbocycles. The zero-order valence-corrected chi connectivity index (χ0v) is 14.0. The number of aromatic nitrogens is 2. The van der Waals surface area contributed by atoms with Gasteiger partial charge in [0, 0.05) is 18.7 Å². The molecular weight excluding hydrogens is 326 g/mol. The van der Waals surface area contributed by atoms with Crippen molar-refractivity contribution in [3.8, 4) is 0 Å². The number of anilines is 2. The molecule has 1 amide bonds. The Hall–Kier alpha value is -2.57. The van der Waals surface area contributed by atoms with Crippen LogP contribution in [-0.4, -0.2) is 28.5 Å². The minimum absolute atomic E-state index is 0.0810. The van der Waals surface area contributed by atoms with Gasteiger partial charge < -0.3 is 10.2 Å². The third-order valence-corrected chi connectivity index (χ3v) is 4.44. The van der Waals surface area contributed by atoms with E-state index in [-0.39, 0.29) is 11.4 Å². The van der Waals surface area contributed by atoms with E-state index in [0.717, 1.165) is 37.7 Å². The maximum atomic E-state index is 13.6. The molecule has 1 saturated heterocycles. The van der Waals surface area contributed by atoms with Crippen LogP contribution in [-0.2, 0) is 0 Å². The minimum Gasteiger partial charge on any atom is -0.352 e. The van der Waals surface area contributed by atoms with Gasteiger partial charge in [0.05, 0.1) is 18.1 Å². The second-order valence-electron chi connectivity index (χ2n) is 6.09. The van der Waals surface area contributed by atoms with Crippen molar-refractivity contribution in [2.45, 2.75) is 38.6 Å². The Morgan fingerprint density at radius 2 is 2.12 bits per heavy atom. The SMILES string of the molecule is CCC1CCCCN1c1cnc(C(=O)Nc2ccc(F)cc2F)cn1. The molecule has 0 saturated carbocycles. The van der Waals surface area contributed by atoms with E-state index in [1.807, 2.05) is 0 Å². The highest BCUT2D eigenvalue weighted by atomic mass is 19.1. The molecule has 1 atom stereocenters. The average molecular weight is 346 g/mol. The molecule has 1 aromatic heterocycles. The second kappa shape index (κ2) is 7.55. The van der Waals surface area contributed by atoms with Gasteiger partial charge in [-0.25, -0.2) is 18.7 Å². The summed E-state index contributed by atoms with van der Waals surface area (Å²) in [6.07, 6.45) is 7.45. The van der Waals surface area contributed by atoms with E-state index in [1.165, 1.54) is 18.7 Å². The van der Waals surface area contributed by atoms with Gasteiger partial charge >= 0.3 is 0 Å². The number of amides is 1. The van der Waals surface area contributed by atoms with Crippen LogP contribution < -0.4 is 10.2 Å². The lowest BCUT2D eigenvalue weighted by Crippen LogP contribution is -2.39. The Morgan fingerprint density at radius 1 is 1.28 bits per heavy atom. The second-order valence-corrected chi connectivity index (χ2v) is 6.09. The van der Waals surface area contributed by atoms with Crippen LogP contribution in [0.15, 0.2) is 30.6 Å². The molecule has 132 valence electrons. The molecule has 1 aromatic carbocycles. The fourth-order valence-corrected chi connectivity index (χ4v) is 3.09. The number of halogens is 2. The van der Waals surface area contributed by atoms with Crippen molar-refractivity contribution in [3.05, 3.63) is 47.9 Å². The molecule has 1 aliphatic rings. The quantitative estimate of drug-likeness (QED) is 0.915. The predicted octanol–water partition coefficient (Wildman–Crippen LogP) is 3.78. The van der Waals surface area contributed by atoms with E-state index < -0.39 is 17.5 Å². The summed E-state index contributed by atoms with van der Waals surface area (Å²) in [5.74, 6) is -1.38. The van der Waals surface area contributed by atoms with Crippen LogP contribution in [0, 0.1) is 11.6 Å². The number of hydrogen-bond donors (Lipinski definition) is 1. The highest BCUT2D eigenvalue weighted by molar-refractivity contribution is 6.02. The molecule has 2 aromatic rings. The molecule has 1 unspecified atom stereocenters. The summed E-state index contributed by atoms with van der Waals surface area (Å²) in [6, 6.07) is 3.40. The zero-order valence-electron chi connectivity index (χ0n) is 14.0. The molecular formula is C18H20F2N4O. The van der Waals surface area contributed by atoms with E-state index in [1.54, 1.807) is 6.20 Å². The Kier molecular flexibility index (Phi) is 5.21. The summed E-state index contributed by atoms with van der Waals surface area (Å²) in [4.78, 5) is 22.9. The molecule has 0 spiro atoms.